The Labute approximate surface area is 175 Å². The highest BCUT2D eigenvalue weighted by molar-refractivity contribution is 5.88. The van der Waals surface area contributed by atoms with E-state index in [1.807, 2.05) is 0 Å². The summed E-state index contributed by atoms with van der Waals surface area (Å²) in [6, 6.07) is 4.43. The molecule has 1 aromatic heterocycles. The Kier molecular flexibility index (Phi) is 6.51. The number of aliphatic imine (C=N–C) groups is 1. The highest BCUT2D eigenvalue weighted by Crippen LogP contribution is 2.37. The van der Waals surface area contributed by atoms with Crippen molar-refractivity contribution in [3.63, 3.8) is 0 Å². The Morgan fingerprint density at radius 1 is 1.14 bits per heavy atom. The van der Waals surface area contributed by atoms with Crippen LogP contribution in [-0.4, -0.2) is 15.7 Å². The van der Waals surface area contributed by atoms with Gasteiger partial charge in [0.15, 0.2) is 0 Å². The van der Waals surface area contributed by atoms with Gasteiger partial charge >= 0.3 is 0 Å². The zero-order valence-corrected chi connectivity index (χ0v) is 18.5. The number of benzene rings is 1. The molecule has 0 radical (unpaired) electrons. The van der Waals surface area contributed by atoms with Gasteiger partial charge in [0.25, 0.3) is 0 Å². The molecule has 1 aliphatic carbocycles. The molecule has 4 nitrogen and oxygen atoms in total. The lowest BCUT2D eigenvalue weighted by Gasteiger charge is -2.26. The molecule has 0 spiro atoms. The molecule has 0 atom stereocenters. The van der Waals surface area contributed by atoms with Crippen molar-refractivity contribution < 1.29 is 0 Å². The van der Waals surface area contributed by atoms with Gasteiger partial charge in [-0.15, -0.1) is 0 Å². The third-order valence-corrected chi connectivity index (χ3v) is 5.79. The van der Waals surface area contributed by atoms with Crippen molar-refractivity contribution in [1.29, 1.82) is 0 Å². The summed E-state index contributed by atoms with van der Waals surface area (Å²) in [7, 11) is 0. The molecule has 0 saturated heterocycles. The molecule has 1 heterocycles. The summed E-state index contributed by atoms with van der Waals surface area (Å²) >= 11 is 0. The van der Waals surface area contributed by atoms with Crippen LogP contribution in [0.5, 0.6) is 0 Å². The Bertz CT molecular complexity index is 885. The molecular formula is C25H34N4. The van der Waals surface area contributed by atoms with Crippen LogP contribution < -0.4 is 5.32 Å². The van der Waals surface area contributed by atoms with E-state index in [9.17, 15) is 0 Å². The number of aryl methyl sites for hydroxylation is 1. The molecule has 29 heavy (non-hydrogen) atoms. The van der Waals surface area contributed by atoms with Crippen LogP contribution in [0.1, 0.15) is 76.6 Å². The van der Waals surface area contributed by atoms with E-state index in [1.165, 1.54) is 48.9 Å². The predicted octanol–water partition coefficient (Wildman–Crippen LogP) is 6.84. The summed E-state index contributed by atoms with van der Waals surface area (Å²) in [5, 5.41) is 3.47. The van der Waals surface area contributed by atoms with E-state index in [0.29, 0.717) is 5.92 Å². The van der Waals surface area contributed by atoms with Crippen LogP contribution in [-0.2, 0) is 5.41 Å². The van der Waals surface area contributed by atoms with Crippen molar-refractivity contribution in [1.82, 2.24) is 9.97 Å². The van der Waals surface area contributed by atoms with Gasteiger partial charge in [0.05, 0.1) is 17.6 Å². The highest BCUT2D eigenvalue weighted by Gasteiger charge is 2.22. The smallest absolute Gasteiger partial charge is 0.104 e. The van der Waals surface area contributed by atoms with Crippen molar-refractivity contribution in [2.75, 3.05) is 5.32 Å². The van der Waals surface area contributed by atoms with Crippen molar-refractivity contribution in [2.24, 2.45) is 10.9 Å². The third-order valence-electron chi connectivity index (χ3n) is 5.79. The maximum absolute atomic E-state index is 5.08. The summed E-state index contributed by atoms with van der Waals surface area (Å²) < 4.78 is 0. The normalized spacial score (nSPS) is 16.0. The van der Waals surface area contributed by atoms with E-state index in [-0.39, 0.29) is 5.41 Å². The van der Waals surface area contributed by atoms with Gasteiger partial charge in [-0.1, -0.05) is 46.6 Å². The van der Waals surface area contributed by atoms with Crippen LogP contribution in [0.15, 0.2) is 42.3 Å². The van der Waals surface area contributed by atoms with E-state index in [1.54, 1.807) is 18.6 Å². The van der Waals surface area contributed by atoms with Crippen molar-refractivity contribution in [3.8, 4) is 0 Å². The Balaban J connectivity index is 1.94. The molecule has 1 aromatic carbocycles. The summed E-state index contributed by atoms with van der Waals surface area (Å²) in [6.07, 6.45) is 11.7. The van der Waals surface area contributed by atoms with Crippen molar-refractivity contribution in [3.05, 3.63) is 54.1 Å². The van der Waals surface area contributed by atoms with E-state index in [2.05, 4.69) is 68.6 Å². The van der Waals surface area contributed by atoms with Crippen molar-refractivity contribution in [2.45, 2.75) is 72.1 Å². The zero-order chi connectivity index (χ0) is 21.0. The maximum Gasteiger partial charge on any atom is 0.104 e. The SMILES string of the molecule is C=C(Nc1cc(C)c(N=C(C)C2CCCCC2)cc1C(C)(C)C)c1cnccn1. The predicted molar refractivity (Wildman–Crippen MR) is 124 cm³/mol. The number of rotatable bonds is 5. The average Bonchev–Trinajstić information content (AvgIpc) is 2.70. The third kappa shape index (κ3) is 5.31. The minimum atomic E-state index is -0.0261. The molecule has 1 saturated carbocycles. The fourth-order valence-electron chi connectivity index (χ4n) is 4.02. The molecule has 0 aliphatic heterocycles. The van der Waals surface area contributed by atoms with Crippen LogP contribution in [0.25, 0.3) is 5.70 Å². The summed E-state index contributed by atoms with van der Waals surface area (Å²) in [6.45, 7) is 15.2. The fraction of sp³-hybridized carbons (Fsp3) is 0.480. The summed E-state index contributed by atoms with van der Waals surface area (Å²) in [4.78, 5) is 13.6. The second-order valence-corrected chi connectivity index (χ2v) is 9.22. The largest absolute Gasteiger partial charge is 0.354 e. The first-order valence-electron chi connectivity index (χ1n) is 10.7. The number of nitrogens with zero attached hydrogens (tertiary/aromatic N) is 3. The van der Waals surface area contributed by atoms with Gasteiger partial charge < -0.3 is 5.32 Å². The first-order chi connectivity index (χ1) is 13.8. The van der Waals surface area contributed by atoms with E-state index in [4.69, 9.17) is 4.99 Å². The van der Waals surface area contributed by atoms with E-state index < -0.39 is 0 Å². The molecule has 1 aliphatic rings. The molecule has 4 heteroatoms. The maximum atomic E-state index is 5.08. The Hall–Kier alpha value is -2.49. The van der Waals surface area contributed by atoms with Crippen LogP contribution in [0.3, 0.4) is 0 Å². The lowest BCUT2D eigenvalue weighted by atomic mass is 9.84. The standard InChI is InChI=1S/C25H34N4/c1-17-14-23(29-19(3)24-16-26-12-13-27-24)21(25(4,5)6)15-22(17)28-18(2)20-10-8-7-9-11-20/h12-16,20,29H,3,7-11H2,1-2,4-6H3. The number of anilines is 1. The highest BCUT2D eigenvalue weighted by atomic mass is 14.9. The van der Waals surface area contributed by atoms with E-state index >= 15 is 0 Å². The van der Waals surface area contributed by atoms with Crippen LogP contribution in [0.2, 0.25) is 0 Å². The minimum Gasteiger partial charge on any atom is -0.354 e. The lowest BCUT2D eigenvalue weighted by molar-refractivity contribution is 0.438. The number of hydrogen-bond donors (Lipinski definition) is 1. The molecule has 1 N–H and O–H groups in total. The number of aromatic nitrogens is 2. The average molecular weight is 391 g/mol. The number of hydrogen-bond acceptors (Lipinski definition) is 4. The molecule has 3 rings (SSSR count). The van der Waals surface area contributed by atoms with Crippen LogP contribution >= 0.6 is 0 Å². The molecule has 0 amide bonds. The van der Waals surface area contributed by atoms with Gasteiger partial charge in [0, 0.05) is 23.8 Å². The second-order valence-electron chi connectivity index (χ2n) is 9.22. The molecule has 0 unspecified atom stereocenters. The van der Waals surface area contributed by atoms with Gasteiger partial charge in [-0.25, -0.2) is 0 Å². The Morgan fingerprint density at radius 2 is 1.86 bits per heavy atom. The quantitative estimate of drug-likeness (QED) is 0.569. The fourth-order valence-corrected chi connectivity index (χ4v) is 4.02. The van der Waals surface area contributed by atoms with Gasteiger partial charge in [0.1, 0.15) is 5.69 Å². The van der Waals surface area contributed by atoms with Gasteiger partial charge in [-0.05, 0) is 61.3 Å². The van der Waals surface area contributed by atoms with Crippen LogP contribution in [0.4, 0.5) is 11.4 Å². The molecular weight excluding hydrogens is 356 g/mol. The molecule has 2 aromatic rings. The topological polar surface area (TPSA) is 50.2 Å². The van der Waals surface area contributed by atoms with Gasteiger partial charge in [-0.3, -0.25) is 15.0 Å². The molecule has 0 bridgehead atoms. The first-order valence-corrected chi connectivity index (χ1v) is 10.7. The second kappa shape index (κ2) is 8.89. The van der Waals surface area contributed by atoms with Gasteiger partial charge in [-0.2, -0.15) is 0 Å². The zero-order valence-electron chi connectivity index (χ0n) is 18.5. The number of nitrogens with one attached hydrogen (secondary N) is 1. The molecule has 1 fully saturated rings. The first kappa shape index (κ1) is 21.2. The lowest BCUT2D eigenvalue weighted by Crippen LogP contribution is -2.16. The molecule has 154 valence electrons. The van der Waals surface area contributed by atoms with Gasteiger partial charge in [0.2, 0.25) is 0 Å². The monoisotopic (exact) mass is 390 g/mol. The summed E-state index contributed by atoms with van der Waals surface area (Å²) in [5.41, 5.74) is 7.27. The van der Waals surface area contributed by atoms with Crippen LogP contribution in [0, 0.1) is 12.8 Å². The summed E-state index contributed by atoms with van der Waals surface area (Å²) in [5.74, 6) is 0.635. The Morgan fingerprint density at radius 3 is 2.48 bits per heavy atom. The van der Waals surface area contributed by atoms with E-state index in [0.717, 1.165) is 22.8 Å². The van der Waals surface area contributed by atoms with Crippen molar-refractivity contribution >= 4 is 22.8 Å². The minimum absolute atomic E-state index is 0.0261.